The maximum absolute atomic E-state index is 5.97. The zero-order chi connectivity index (χ0) is 14.3. The minimum absolute atomic E-state index is 0.114. The summed E-state index contributed by atoms with van der Waals surface area (Å²) in [5.74, 6) is 2.25. The van der Waals surface area contributed by atoms with Crippen molar-refractivity contribution in [1.29, 1.82) is 0 Å². The lowest BCUT2D eigenvalue weighted by atomic mass is 9.86. The summed E-state index contributed by atoms with van der Waals surface area (Å²) in [5.41, 5.74) is 7.06. The number of hydrogen-bond donors (Lipinski definition) is 1. The predicted molar refractivity (Wildman–Crippen MR) is 77.0 cm³/mol. The minimum atomic E-state index is -0.142. The van der Waals surface area contributed by atoms with Gasteiger partial charge in [0.25, 0.3) is 0 Å². The number of aromatic nitrogens is 2. The van der Waals surface area contributed by atoms with Gasteiger partial charge >= 0.3 is 0 Å². The van der Waals surface area contributed by atoms with Crippen LogP contribution in [0.3, 0.4) is 0 Å². The molecule has 0 bridgehead atoms. The van der Waals surface area contributed by atoms with Crippen LogP contribution in [-0.4, -0.2) is 16.7 Å². The van der Waals surface area contributed by atoms with Crippen molar-refractivity contribution in [2.24, 2.45) is 5.73 Å². The Balaban J connectivity index is 1.59. The molecule has 5 nitrogen and oxygen atoms in total. The third-order valence-electron chi connectivity index (χ3n) is 4.78. The molecule has 0 spiro atoms. The van der Waals surface area contributed by atoms with Gasteiger partial charge in [-0.15, -0.1) is 0 Å². The van der Waals surface area contributed by atoms with E-state index in [0.29, 0.717) is 18.3 Å². The number of hydrogen-bond acceptors (Lipinski definition) is 5. The van der Waals surface area contributed by atoms with E-state index >= 15 is 0 Å². The Morgan fingerprint density at radius 1 is 1.24 bits per heavy atom. The number of nitrogens with two attached hydrogens (primary N) is 1. The first-order chi connectivity index (χ1) is 10.3. The van der Waals surface area contributed by atoms with Gasteiger partial charge in [0.15, 0.2) is 6.10 Å². The summed E-state index contributed by atoms with van der Waals surface area (Å²) in [7, 11) is 0. The minimum Gasteiger partial charge on any atom is -0.482 e. The van der Waals surface area contributed by atoms with Gasteiger partial charge in [-0.2, -0.15) is 4.98 Å². The second kappa shape index (κ2) is 4.84. The highest BCUT2D eigenvalue weighted by Crippen LogP contribution is 2.41. The Labute approximate surface area is 123 Å². The van der Waals surface area contributed by atoms with Crippen LogP contribution in [0.2, 0.25) is 0 Å². The van der Waals surface area contributed by atoms with Crippen molar-refractivity contribution in [3.05, 3.63) is 41.5 Å². The molecule has 0 amide bonds. The number of nitrogens with zero attached hydrogens (tertiary/aromatic N) is 2. The molecule has 4 rings (SSSR count). The molecule has 110 valence electrons. The van der Waals surface area contributed by atoms with Crippen molar-refractivity contribution in [1.82, 2.24) is 10.1 Å². The van der Waals surface area contributed by atoms with Gasteiger partial charge in [-0.1, -0.05) is 36.2 Å². The summed E-state index contributed by atoms with van der Waals surface area (Å²) < 4.78 is 11.5. The maximum atomic E-state index is 5.97. The lowest BCUT2D eigenvalue weighted by Gasteiger charge is -2.21. The molecule has 1 aliphatic heterocycles. The predicted octanol–water partition coefficient (Wildman–Crippen LogP) is 2.52. The molecule has 1 aromatic carbocycles. The standard InChI is InChI=1S/C16H19N3O2/c17-10-16(7-3-4-8-16)15-18-14(19-21-15)13-9-11-5-1-2-6-12(11)20-13/h1-2,5-6,13H,3-4,7-10,17H2. The van der Waals surface area contributed by atoms with E-state index in [2.05, 4.69) is 16.2 Å². The van der Waals surface area contributed by atoms with Crippen LogP contribution in [-0.2, 0) is 11.8 Å². The van der Waals surface area contributed by atoms with Gasteiger partial charge in [-0.25, -0.2) is 0 Å². The van der Waals surface area contributed by atoms with Crippen LogP contribution < -0.4 is 10.5 Å². The topological polar surface area (TPSA) is 74.2 Å². The number of rotatable bonds is 3. The fourth-order valence-electron chi connectivity index (χ4n) is 3.46. The van der Waals surface area contributed by atoms with Crippen molar-refractivity contribution in [2.75, 3.05) is 6.54 Å². The van der Waals surface area contributed by atoms with E-state index in [9.17, 15) is 0 Å². The highest BCUT2D eigenvalue weighted by Gasteiger charge is 2.40. The highest BCUT2D eigenvalue weighted by atomic mass is 16.5. The van der Waals surface area contributed by atoms with Gasteiger partial charge in [-0.05, 0) is 24.5 Å². The third-order valence-corrected chi connectivity index (χ3v) is 4.78. The van der Waals surface area contributed by atoms with Crippen LogP contribution in [0.4, 0.5) is 0 Å². The van der Waals surface area contributed by atoms with E-state index in [1.807, 2.05) is 18.2 Å². The highest BCUT2D eigenvalue weighted by molar-refractivity contribution is 5.38. The third kappa shape index (κ3) is 2.03. The first-order valence-electron chi connectivity index (χ1n) is 7.59. The van der Waals surface area contributed by atoms with Gasteiger partial charge < -0.3 is 15.0 Å². The normalized spacial score (nSPS) is 23.0. The van der Waals surface area contributed by atoms with Gasteiger partial charge in [-0.3, -0.25) is 0 Å². The summed E-state index contributed by atoms with van der Waals surface area (Å²) in [6.07, 6.45) is 5.09. The Hall–Kier alpha value is -1.88. The Bertz CT molecular complexity index is 621. The summed E-state index contributed by atoms with van der Waals surface area (Å²) in [4.78, 5) is 4.62. The molecule has 1 fully saturated rings. The van der Waals surface area contributed by atoms with Gasteiger partial charge in [0.1, 0.15) is 5.75 Å². The number of fused-ring (bicyclic) bond motifs is 1. The van der Waals surface area contributed by atoms with Crippen molar-refractivity contribution in [2.45, 2.75) is 43.6 Å². The summed E-state index contributed by atoms with van der Waals surface area (Å²) in [6.45, 7) is 0.570. The molecular weight excluding hydrogens is 266 g/mol. The van der Waals surface area contributed by atoms with Crippen molar-refractivity contribution < 1.29 is 9.26 Å². The quantitative estimate of drug-likeness (QED) is 0.938. The van der Waals surface area contributed by atoms with E-state index in [1.165, 1.54) is 18.4 Å². The molecule has 5 heteroatoms. The number of benzene rings is 1. The zero-order valence-corrected chi connectivity index (χ0v) is 11.9. The average molecular weight is 285 g/mol. The Morgan fingerprint density at radius 3 is 2.81 bits per heavy atom. The fourth-order valence-corrected chi connectivity index (χ4v) is 3.46. The monoisotopic (exact) mass is 285 g/mol. The molecule has 2 heterocycles. The molecule has 2 aliphatic rings. The fraction of sp³-hybridized carbons (Fsp3) is 0.500. The molecule has 1 unspecified atom stereocenters. The van der Waals surface area contributed by atoms with Crippen molar-refractivity contribution in [3.63, 3.8) is 0 Å². The summed E-state index contributed by atoms with van der Waals surface area (Å²) >= 11 is 0. The molecule has 1 aliphatic carbocycles. The van der Waals surface area contributed by atoms with E-state index < -0.39 is 0 Å². The molecule has 21 heavy (non-hydrogen) atoms. The van der Waals surface area contributed by atoms with Crippen LogP contribution >= 0.6 is 0 Å². The molecule has 2 aromatic rings. The largest absolute Gasteiger partial charge is 0.482 e. The molecular formula is C16H19N3O2. The maximum Gasteiger partial charge on any atom is 0.234 e. The Kier molecular flexibility index (Phi) is 2.96. The number of para-hydroxylation sites is 1. The van der Waals surface area contributed by atoms with E-state index in [4.69, 9.17) is 15.0 Å². The molecule has 1 aromatic heterocycles. The second-order valence-electron chi connectivity index (χ2n) is 6.07. The SMILES string of the molecule is NCC1(c2nc(C3Cc4ccccc4O3)no2)CCCC1. The van der Waals surface area contributed by atoms with Crippen molar-refractivity contribution >= 4 is 0 Å². The van der Waals surface area contributed by atoms with Crippen LogP contribution in [0.25, 0.3) is 0 Å². The van der Waals surface area contributed by atoms with E-state index in [1.54, 1.807) is 0 Å². The van der Waals surface area contributed by atoms with Crippen molar-refractivity contribution in [3.8, 4) is 5.75 Å². The van der Waals surface area contributed by atoms with Gasteiger partial charge in [0, 0.05) is 13.0 Å². The second-order valence-corrected chi connectivity index (χ2v) is 6.07. The lowest BCUT2D eigenvalue weighted by molar-refractivity contribution is 0.219. The van der Waals surface area contributed by atoms with E-state index in [0.717, 1.165) is 25.0 Å². The van der Waals surface area contributed by atoms with E-state index in [-0.39, 0.29) is 11.5 Å². The van der Waals surface area contributed by atoms with Gasteiger partial charge in [0.2, 0.25) is 11.7 Å². The average Bonchev–Trinajstić information content (AvgIpc) is 3.24. The van der Waals surface area contributed by atoms with Crippen LogP contribution in [0, 0.1) is 0 Å². The van der Waals surface area contributed by atoms with Crippen LogP contribution in [0.5, 0.6) is 5.75 Å². The lowest BCUT2D eigenvalue weighted by Crippen LogP contribution is -2.32. The molecule has 0 saturated heterocycles. The Morgan fingerprint density at radius 2 is 2.05 bits per heavy atom. The summed E-state index contributed by atoms with van der Waals surface area (Å²) in [5, 5.41) is 4.15. The summed E-state index contributed by atoms with van der Waals surface area (Å²) in [6, 6.07) is 8.06. The van der Waals surface area contributed by atoms with Crippen LogP contribution in [0.1, 0.15) is 49.1 Å². The molecule has 1 saturated carbocycles. The zero-order valence-electron chi connectivity index (χ0n) is 11.9. The van der Waals surface area contributed by atoms with Gasteiger partial charge in [0.05, 0.1) is 5.41 Å². The smallest absolute Gasteiger partial charge is 0.234 e. The first-order valence-corrected chi connectivity index (χ1v) is 7.59. The number of ether oxygens (including phenoxy) is 1. The molecule has 2 N–H and O–H groups in total. The van der Waals surface area contributed by atoms with Crippen LogP contribution in [0.15, 0.2) is 28.8 Å². The molecule has 0 radical (unpaired) electrons. The first kappa shape index (κ1) is 12.8. The molecule has 1 atom stereocenters.